The molecule has 1 aromatic carbocycles. The van der Waals surface area contributed by atoms with E-state index in [0.717, 1.165) is 25.1 Å². The number of nitrogens with zero attached hydrogens (tertiary/aromatic N) is 2. The predicted molar refractivity (Wildman–Crippen MR) is 95.0 cm³/mol. The summed E-state index contributed by atoms with van der Waals surface area (Å²) in [6.07, 6.45) is 2.68. The standard InChI is InChI=1S/C19H27N3O3/c20-10-12-22-17-8-11-21(14-15(17)6-7-19(22)24)18(23)9-13-25-16-4-2-1-3-5-16/h1-5,15,17H,6-14,20H2/t15-,17+/m0/s1. The van der Waals surface area contributed by atoms with Crippen molar-refractivity contribution in [3.05, 3.63) is 30.3 Å². The van der Waals surface area contributed by atoms with Crippen molar-refractivity contribution in [3.8, 4) is 5.75 Å². The molecule has 0 unspecified atom stereocenters. The van der Waals surface area contributed by atoms with Crippen molar-refractivity contribution >= 4 is 11.8 Å². The number of ether oxygens (including phenoxy) is 1. The maximum Gasteiger partial charge on any atom is 0.226 e. The fourth-order valence-electron chi connectivity index (χ4n) is 3.94. The summed E-state index contributed by atoms with van der Waals surface area (Å²) in [5, 5.41) is 0. The normalized spacial score (nSPS) is 23.3. The van der Waals surface area contributed by atoms with Crippen LogP contribution in [0.1, 0.15) is 25.7 Å². The Morgan fingerprint density at radius 2 is 2.04 bits per heavy atom. The van der Waals surface area contributed by atoms with Gasteiger partial charge < -0.3 is 20.3 Å². The minimum absolute atomic E-state index is 0.136. The Morgan fingerprint density at radius 3 is 2.80 bits per heavy atom. The van der Waals surface area contributed by atoms with Crippen LogP contribution in [0.4, 0.5) is 0 Å². The third-order valence-electron chi connectivity index (χ3n) is 5.19. The monoisotopic (exact) mass is 345 g/mol. The van der Waals surface area contributed by atoms with E-state index in [9.17, 15) is 9.59 Å². The Morgan fingerprint density at radius 1 is 1.24 bits per heavy atom. The minimum atomic E-state index is 0.136. The van der Waals surface area contributed by atoms with Crippen LogP contribution in [0.2, 0.25) is 0 Å². The summed E-state index contributed by atoms with van der Waals surface area (Å²) in [6, 6.07) is 9.79. The number of para-hydroxylation sites is 1. The molecule has 0 radical (unpaired) electrons. The van der Waals surface area contributed by atoms with E-state index in [1.165, 1.54) is 0 Å². The summed E-state index contributed by atoms with van der Waals surface area (Å²) in [4.78, 5) is 28.5. The van der Waals surface area contributed by atoms with Gasteiger partial charge in [0.1, 0.15) is 5.75 Å². The van der Waals surface area contributed by atoms with Crippen LogP contribution in [0, 0.1) is 5.92 Å². The molecule has 2 heterocycles. The third-order valence-corrected chi connectivity index (χ3v) is 5.19. The molecule has 0 aromatic heterocycles. The highest BCUT2D eigenvalue weighted by molar-refractivity contribution is 5.78. The van der Waals surface area contributed by atoms with Crippen LogP contribution >= 0.6 is 0 Å². The summed E-state index contributed by atoms with van der Waals surface area (Å²) in [6.45, 7) is 2.96. The molecular weight excluding hydrogens is 318 g/mol. The van der Waals surface area contributed by atoms with Crippen molar-refractivity contribution in [2.75, 3.05) is 32.8 Å². The van der Waals surface area contributed by atoms with Gasteiger partial charge in [-0.3, -0.25) is 9.59 Å². The minimum Gasteiger partial charge on any atom is -0.493 e. The topological polar surface area (TPSA) is 75.9 Å². The van der Waals surface area contributed by atoms with Crippen LogP contribution in [0.3, 0.4) is 0 Å². The second kappa shape index (κ2) is 8.34. The molecule has 6 nitrogen and oxygen atoms in total. The quantitative estimate of drug-likeness (QED) is 0.842. The largest absolute Gasteiger partial charge is 0.493 e. The first-order valence-electron chi connectivity index (χ1n) is 9.14. The smallest absolute Gasteiger partial charge is 0.226 e. The Labute approximate surface area is 148 Å². The number of rotatable bonds is 6. The molecule has 136 valence electrons. The molecule has 2 fully saturated rings. The van der Waals surface area contributed by atoms with E-state index in [-0.39, 0.29) is 17.9 Å². The Balaban J connectivity index is 1.48. The fourth-order valence-corrected chi connectivity index (χ4v) is 3.94. The summed E-state index contributed by atoms with van der Waals surface area (Å²) < 4.78 is 5.62. The summed E-state index contributed by atoms with van der Waals surface area (Å²) in [5.74, 6) is 1.51. The van der Waals surface area contributed by atoms with Gasteiger partial charge in [0.25, 0.3) is 0 Å². The first-order valence-corrected chi connectivity index (χ1v) is 9.14. The highest BCUT2D eigenvalue weighted by atomic mass is 16.5. The maximum atomic E-state index is 12.5. The molecule has 2 saturated heterocycles. The third kappa shape index (κ3) is 4.31. The Kier molecular flexibility index (Phi) is 5.91. The Hall–Kier alpha value is -2.08. The van der Waals surface area contributed by atoms with Crippen LogP contribution in [-0.2, 0) is 9.59 Å². The Bertz CT molecular complexity index is 593. The van der Waals surface area contributed by atoms with Crippen molar-refractivity contribution in [3.63, 3.8) is 0 Å². The van der Waals surface area contributed by atoms with Crippen LogP contribution in [0.5, 0.6) is 5.75 Å². The molecule has 2 atom stereocenters. The molecule has 3 rings (SSSR count). The lowest BCUT2D eigenvalue weighted by molar-refractivity contribution is -0.144. The van der Waals surface area contributed by atoms with Gasteiger partial charge in [0.05, 0.1) is 13.0 Å². The number of fused-ring (bicyclic) bond motifs is 1. The van der Waals surface area contributed by atoms with Gasteiger partial charge in [-0.05, 0) is 30.9 Å². The zero-order valence-electron chi connectivity index (χ0n) is 14.6. The second-order valence-corrected chi connectivity index (χ2v) is 6.78. The van der Waals surface area contributed by atoms with Gasteiger partial charge in [0, 0.05) is 38.6 Å². The van der Waals surface area contributed by atoms with Gasteiger partial charge in [-0.2, -0.15) is 0 Å². The molecule has 0 saturated carbocycles. The average molecular weight is 345 g/mol. The average Bonchev–Trinajstić information content (AvgIpc) is 2.64. The number of amides is 2. The van der Waals surface area contributed by atoms with Crippen molar-refractivity contribution < 1.29 is 14.3 Å². The zero-order chi connectivity index (χ0) is 17.6. The maximum absolute atomic E-state index is 12.5. The van der Waals surface area contributed by atoms with Gasteiger partial charge in [-0.15, -0.1) is 0 Å². The van der Waals surface area contributed by atoms with Crippen LogP contribution in [0.25, 0.3) is 0 Å². The summed E-state index contributed by atoms with van der Waals surface area (Å²) in [5.41, 5.74) is 5.65. The lowest BCUT2D eigenvalue weighted by Crippen LogP contribution is -2.57. The predicted octanol–water partition coefficient (Wildman–Crippen LogP) is 1.25. The van der Waals surface area contributed by atoms with Crippen molar-refractivity contribution in [2.24, 2.45) is 11.7 Å². The van der Waals surface area contributed by atoms with Gasteiger partial charge in [0.2, 0.25) is 11.8 Å². The van der Waals surface area contributed by atoms with E-state index >= 15 is 0 Å². The highest BCUT2D eigenvalue weighted by Gasteiger charge is 2.39. The number of hydrogen-bond acceptors (Lipinski definition) is 4. The van der Waals surface area contributed by atoms with Gasteiger partial charge in [-0.25, -0.2) is 0 Å². The van der Waals surface area contributed by atoms with Crippen molar-refractivity contribution in [1.29, 1.82) is 0 Å². The molecule has 2 aliphatic rings. The SMILES string of the molecule is NCCN1C(=O)CC[C@H]2CN(C(=O)CCOc3ccccc3)CC[C@H]21. The molecule has 0 aliphatic carbocycles. The lowest BCUT2D eigenvalue weighted by atomic mass is 9.83. The summed E-state index contributed by atoms with van der Waals surface area (Å²) >= 11 is 0. The fraction of sp³-hybridized carbons (Fsp3) is 0.579. The first-order chi connectivity index (χ1) is 12.2. The van der Waals surface area contributed by atoms with E-state index in [1.807, 2.05) is 40.1 Å². The number of hydrogen-bond donors (Lipinski definition) is 1. The van der Waals surface area contributed by atoms with Crippen molar-refractivity contribution in [1.82, 2.24) is 9.80 Å². The number of benzene rings is 1. The van der Waals surface area contributed by atoms with Crippen molar-refractivity contribution in [2.45, 2.75) is 31.7 Å². The van der Waals surface area contributed by atoms with E-state index in [4.69, 9.17) is 10.5 Å². The number of piperidine rings is 2. The van der Waals surface area contributed by atoms with E-state index in [1.54, 1.807) is 0 Å². The highest BCUT2D eigenvalue weighted by Crippen LogP contribution is 2.31. The van der Waals surface area contributed by atoms with E-state index in [2.05, 4.69) is 0 Å². The number of likely N-dealkylation sites (tertiary alicyclic amines) is 2. The molecule has 6 heteroatoms. The number of carbonyl (C=O) groups excluding carboxylic acids is 2. The molecule has 2 amide bonds. The molecular formula is C19H27N3O3. The molecule has 1 aromatic rings. The second-order valence-electron chi connectivity index (χ2n) is 6.78. The van der Waals surface area contributed by atoms with Crippen LogP contribution in [-0.4, -0.2) is 60.4 Å². The summed E-state index contributed by atoms with van der Waals surface area (Å²) in [7, 11) is 0. The molecule has 2 aliphatic heterocycles. The van der Waals surface area contributed by atoms with Gasteiger partial charge >= 0.3 is 0 Å². The van der Waals surface area contributed by atoms with E-state index < -0.39 is 0 Å². The number of nitrogens with two attached hydrogens (primary N) is 1. The van der Waals surface area contributed by atoms with Gasteiger partial charge in [-0.1, -0.05) is 18.2 Å². The van der Waals surface area contributed by atoms with E-state index in [0.29, 0.717) is 45.0 Å². The first kappa shape index (κ1) is 17.7. The van der Waals surface area contributed by atoms with Gasteiger partial charge in [0.15, 0.2) is 0 Å². The molecule has 2 N–H and O–H groups in total. The molecule has 25 heavy (non-hydrogen) atoms. The van der Waals surface area contributed by atoms with Crippen LogP contribution < -0.4 is 10.5 Å². The zero-order valence-corrected chi connectivity index (χ0v) is 14.6. The number of carbonyl (C=O) groups is 2. The lowest BCUT2D eigenvalue weighted by Gasteiger charge is -2.47. The molecule has 0 spiro atoms. The molecule has 0 bridgehead atoms. The van der Waals surface area contributed by atoms with Crippen LogP contribution in [0.15, 0.2) is 30.3 Å².